The summed E-state index contributed by atoms with van der Waals surface area (Å²) in [6.45, 7) is 4.10. The molecule has 3 aromatic heterocycles. The number of halogens is 6. The lowest BCUT2D eigenvalue weighted by Gasteiger charge is -2.32. The van der Waals surface area contributed by atoms with Crippen molar-refractivity contribution >= 4 is 46.4 Å². The van der Waals surface area contributed by atoms with E-state index in [0.29, 0.717) is 26.2 Å². The Morgan fingerprint density at radius 3 is 1.70 bits per heavy atom. The van der Waals surface area contributed by atoms with Crippen LogP contribution in [0.25, 0.3) is 0 Å². The second-order valence-corrected chi connectivity index (χ2v) is 10.8. The summed E-state index contributed by atoms with van der Waals surface area (Å²) in [5, 5.41) is -0.411. The molecule has 2 aliphatic heterocycles. The molecule has 0 amide bonds. The quantitative estimate of drug-likeness (QED) is 0.236. The molecule has 2 saturated heterocycles. The zero-order chi connectivity index (χ0) is 31.1. The summed E-state index contributed by atoms with van der Waals surface area (Å²) in [6.07, 6.45) is 4.82. The van der Waals surface area contributed by atoms with E-state index in [4.69, 9.17) is 49.0 Å². The third-order valence-electron chi connectivity index (χ3n) is 6.98. The molecule has 2 fully saturated rings. The van der Waals surface area contributed by atoms with Crippen molar-refractivity contribution in [2.24, 2.45) is 0 Å². The van der Waals surface area contributed by atoms with E-state index in [-0.39, 0.29) is 51.3 Å². The van der Waals surface area contributed by atoms with Gasteiger partial charge in [0.1, 0.15) is 0 Å². The lowest BCUT2D eigenvalue weighted by molar-refractivity contribution is 0.0815. The van der Waals surface area contributed by atoms with Crippen LogP contribution in [0, 0.1) is 17.5 Å². The number of piperidine rings is 2. The Bertz CT molecular complexity index is 1370. The van der Waals surface area contributed by atoms with Crippen LogP contribution in [0.15, 0.2) is 12.4 Å². The average molecular weight is 666 g/mol. The molecule has 17 heteroatoms. The molecule has 0 spiro atoms. The third kappa shape index (κ3) is 8.66. The van der Waals surface area contributed by atoms with Crippen molar-refractivity contribution in [3.63, 3.8) is 0 Å². The number of hydrogen-bond donors (Lipinski definition) is 0. The second-order valence-electron chi connectivity index (χ2n) is 9.72. The molecule has 1 unspecified atom stereocenters. The zero-order valence-electron chi connectivity index (χ0n) is 23.6. The van der Waals surface area contributed by atoms with Gasteiger partial charge in [0.2, 0.25) is 22.2 Å². The monoisotopic (exact) mass is 664 g/mol. The van der Waals surface area contributed by atoms with Crippen LogP contribution in [0.1, 0.15) is 44.5 Å². The van der Waals surface area contributed by atoms with Crippen LogP contribution in [0.5, 0.6) is 5.88 Å². The minimum Gasteiger partial charge on any atom is -0.464 e. The van der Waals surface area contributed by atoms with Crippen LogP contribution in [-0.4, -0.2) is 82.5 Å². The van der Waals surface area contributed by atoms with Gasteiger partial charge in [0, 0.05) is 40.4 Å². The molecule has 5 heterocycles. The van der Waals surface area contributed by atoms with Crippen LogP contribution in [0.3, 0.4) is 0 Å². The summed E-state index contributed by atoms with van der Waals surface area (Å²) in [4.78, 5) is 26.5. The Morgan fingerprint density at radius 1 is 0.744 bits per heavy atom. The zero-order valence-corrected chi connectivity index (χ0v) is 25.9. The van der Waals surface area contributed by atoms with Gasteiger partial charge in [0.05, 0.1) is 24.6 Å². The molecule has 43 heavy (non-hydrogen) atoms. The summed E-state index contributed by atoms with van der Waals surface area (Å²) < 4.78 is 57.6. The van der Waals surface area contributed by atoms with E-state index in [2.05, 4.69) is 29.9 Å². The molecular weight excluding hydrogens is 636 g/mol. The van der Waals surface area contributed by atoms with Gasteiger partial charge in [-0.3, -0.25) is 0 Å². The van der Waals surface area contributed by atoms with E-state index in [1.807, 2.05) is 4.90 Å². The van der Waals surface area contributed by atoms with Crippen molar-refractivity contribution in [2.75, 3.05) is 50.2 Å². The number of aromatic nitrogens is 6. The fourth-order valence-corrected chi connectivity index (χ4v) is 5.16. The van der Waals surface area contributed by atoms with E-state index >= 15 is 0 Å². The van der Waals surface area contributed by atoms with Gasteiger partial charge in [-0.1, -0.05) is 11.6 Å². The third-order valence-corrected chi connectivity index (χ3v) is 7.57. The lowest BCUT2D eigenvalue weighted by atomic mass is 10.1. The number of anilines is 2. The molecule has 5 rings (SSSR count). The number of hydrogen-bond acceptors (Lipinski definition) is 11. The van der Waals surface area contributed by atoms with Crippen molar-refractivity contribution in [1.82, 2.24) is 29.9 Å². The number of rotatable bonds is 7. The molecule has 234 valence electrons. The highest BCUT2D eigenvalue weighted by Crippen LogP contribution is 2.31. The van der Waals surface area contributed by atoms with Gasteiger partial charge in [-0.25, -0.2) is 19.3 Å². The summed E-state index contributed by atoms with van der Waals surface area (Å²) in [7, 11) is 3.34. The van der Waals surface area contributed by atoms with Gasteiger partial charge in [0.15, 0.2) is 34.5 Å². The predicted octanol–water partition coefficient (Wildman–Crippen LogP) is 5.49. The average Bonchev–Trinajstić information content (AvgIpc) is 3.01. The first-order valence-corrected chi connectivity index (χ1v) is 14.5. The van der Waals surface area contributed by atoms with Crippen molar-refractivity contribution in [1.29, 1.82) is 0 Å². The van der Waals surface area contributed by atoms with Gasteiger partial charge in [-0.05, 0) is 55.8 Å². The molecule has 11 nitrogen and oxygen atoms in total. The maximum Gasteiger partial charge on any atom is 0.257 e. The molecule has 0 bridgehead atoms. The van der Waals surface area contributed by atoms with Crippen LogP contribution >= 0.6 is 34.8 Å². The summed E-state index contributed by atoms with van der Waals surface area (Å²) in [6, 6.07) is 0. The summed E-state index contributed by atoms with van der Waals surface area (Å²) in [5.41, 5.74) is 0. The second kappa shape index (κ2) is 15.3. The first-order valence-electron chi connectivity index (χ1n) is 13.4. The summed E-state index contributed by atoms with van der Waals surface area (Å²) >= 11 is 17.3. The largest absolute Gasteiger partial charge is 0.464 e. The maximum absolute atomic E-state index is 14.9. The van der Waals surface area contributed by atoms with Crippen molar-refractivity contribution in [3.05, 3.63) is 51.4 Å². The van der Waals surface area contributed by atoms with Crippen molar-refractivity contribution in [2.45, 2.75) is 50.9 Å². The van der Waals surface area contributed by atoms with Gasteiger partial charge in [-0.15, -0.1) is 0 Å². The van der Waals surface area contributed by atoms with Crippen LogP contribution in [-0.2, 0) is 9.47 Å². The normalized spacial score (nSPS) is 17.0. The Labute approximate surface area is 261 Å². The van der Waals surface area contributed by atoms with Crippen LogP contribution in [0.2, 0.25) is 15.7 Å². The minimum atomic E-state index is -0.747. The predicted molar refractivity (Wildman–Crippen MR) is 155 cm³/mol. The Balaban J connectivity index is 0.000000215. The standard InChI is InChI=1S/C16H18ClF2N5O2.C10H12Cl2FN3O/c1-9(13-20-7-10(18)8-21-13)26-15-12(19)14(22-16(17)23-15)24-5-3-11(25-2)4-6-24;1-17-6-2-4-16(5-3-6)9-7(13)8(11)14-10(12)15-9/h7-9,11H,3-6H2,1-2H3;6H,2-5H2,1H3. The number of nitrogens with zero attached hydrogens (tertiary/aromatic N) is 8. The SMILES string of the molecule is COC1CCN(c2nc(Cl)nc(Cl)c2F)CC1.COC1CCN(c2nc(Cl)nc(OC(C)c3ncc(F)cn3)c2F)CC1. The Hall–Kier alpha value is -2.78. The van der Waals surface area contributed by atoms with Gasteiger partial charge < -0.3 is 24.0 Å². The molecule has 0 aliphatic carbocycles. The molecular formula is C26H30Cl3F3N8O3. The Morgan fingerprint density at radius 2 is 1.21 bits per heavy atom. The van der Waals surface area contributed by atoms with Crippen molar-refractivity contribution < 1.29 is 27.4 Å². The lowest BCUT2D eigenvalue weighted by Crippen LogP contribution is -2.37. The number of methoxy groups -OCH3 is 2. The first-order chi connectivity index (χ1) is 20.6. The molecule has 1 atom stereocenters. The highest BCUT2D eigenvalue weighted by molar-refractivity contribution is 6.32. The first kappa shape index (κ1) is 33.1. The fourth-order valence-electron chi connectivity index (χ4n) is 4.63. The molecule has 2 aliphatic rings. The molecule has 0 N–H and O–H groups in total. The van der Waals surface area contributed by atoms with E-state index in [0.717, 1.165) is 38.1 Å². The maximum atomic E-state index is 14.9. The Kier molecular flexibility index (Phi) is 11.8. The molecule has 0 saturated carbocycles. The van der Waals surface area contributed by atoms with E-state index in [9.17, 15) is 13.2 Å². The summed E-state index contributed by atoms with van der Waals surface area (Å²) in [5.74, 6) is -1.74. The van der Waals surface area contributed by atoms with Crippen LogP contribution < -0.4 is 14.5 Å². The molecule has 0 radical (unpaired) electrons. The van der Waals surface area contributed by atoms with Gasteiger partial charge >= 0.3 is 0 Å². The highest BCUT2D eigenvalue weighted by atomic mass is 35.5. The fraction of sp³-hybridized carbons (Fsp3) is 0.538. The van der Waals surface area contributed by atoms with E-state index in [1.165, 1.54) is 0 Å². The topological polar surface area (TPSA) is 112 Å². The van der Waals surface area contributed by atoms with Gasteiger partial charge in [-0.2, -0.15) is 23.7 Å². The van der Waals surface area contributed by atoms with Crippen molar-refractivity contribution in [3.8, 4) is 5.88 Å². The van der Waals surface area contributed by atoms with Crippen LogP contribution in [0.4, 0.5) is 24.8 Å². The molecule has 3 aromatic rings. The van der Waals surface area contributed by atoms with E-state index in [1.54, 1.807) is 26.0 Å². The number of ether oxygens (including phenoxy) is 3. The highest BCUT2D eigenvalue weighted by Gasteiger charge is 2.27. The van der Waals surface area contributed by atoms with Gasteiger partial charge in [0.25, 0.3) is 5.88 Å². The molecule has 0 aromatic carbocycles. The minimum absolute atomic E-state index is 0.0414. The van der Waals surface area contributed by atoms with E-state index < -0.39 is 23.6 Å². The smallest absolute Gasteiger partial charge is 0.257 e.